The highest BCUT2D eigenvalue weighted by Crippen LogP contribution is 2.71. The molecule has 0 N–H and O–H groups in total. The third-order valence-electron chi connectivity index (χ3n) is 9.41. The number of hydrogen-bond acceptors (Lipinski definition) is 3. The first-order chi connectivity index (χ1) is 25.7. The molecule has 0 fully saturated rings. The molecule has 0 saturated heterocycles. The van der Waals surface area contributed by atoms with Crippen molar-refractivity contribution in [2.45, 2.75) is 0 Å². The molecule has 0 spiro atoms. The minimum absolute atomic E-state index is 0.595. The van der Waals surface area contributed by atoms with Crippen LogP contribution in [0, 0.1) is 0 Å². The fourth-order valence-corrected chi connectivity index (χ4v) is 10.0. The maximum atomic E-state index is 16.8. The van der Waals surface area contributed by atoms with Crippen molar-refractivity contribution in [1.29, 1.82) is 0 Å². The number of anilines is 4. The first-order valence-electron chi connectivity index (χ1n) is 17.3. The van der Waals surface area contributed by atoms with Gasteiger partial charge in [0.25, 0.3) is 0 Å². The third-order valence-corrected chi connectivity index (χ3v) is 12.3. The van der Waals surface area contributed by atoms with Gasteiger partial charge in [-0.15, -0.1) is 0 Å². The Morgan fingerprint density at radius 1 is 0.365 bits per heavy atom. The highest BCUT2D eigenvalue weighted by atomic mass is 31.2. The first-order valence-corrected chi connectivity index (χ1v) is 18.9. The van der Waals surface area contributed by atoms with Crippen molar-refractivity contribution in [3.05, 3.63) is 200 Å². The Balaban J connectivity index is 1.36. The van der Waals surface area contributed by atoms with Gasteiger partial charge in [-0.1, -0.05) is 164 Å². The highest BCUT2D eigenvalue weighted by molar-refractivity contribution is 7.76. The Hall–Kier alpha value is -6.55. The molecular formula is C46H33N4OP. The molecule has 1 atom stereocenters. The lowest BCUT2D eigenvalue weighted by atomic mass is 10.0. The van der Waals surface area contributed by atoms with Gasteiger partial charge in [-0.25, -0.2) is 9.97 Å². The van der Waals surface area contributed by atoms with Crippen LogP contribution < -0.4 is 14.6 Å². The van der Waals surface area contributed by atoms with Gasteiger partial charge in [-0.2, -0.15) is 0 Å². The first kappa shape index (κ1) is 31.4. The largest absolute Gasteiger partial charge is 0.301 e. The van der Waals surface area contributed by atoms with Gasteiger partial charge in [0, 0.05) is 22.4 Å². The van der Waals surface area contributed by atoms with Crippen molar-refractivity contribution >= 4 is 35.5 Å². The minimum Gasteiger partial charge on any atom is -0.270 e. The molecule has 0 radical (unpaired) electrons. The van der Waals surface area contributed by atoms with E-state index in [9.17, 15) is 0 Å². The van der Waals surface area contributed by atoms with Crippen LogP contribution in [-0.2, 0) is 4.57 Å². The Labute approximate surface area is 303 Å². The zero-order valence-corrected chi connectivity index (χ0v) is 29.1. The number of hydrogen-bond donors (Lipinski definition) is 0. The summed E-state index contributed by atoms with van der Waals surface area (Å²) in [6, 6.07) is 66.9. The van der Waals surface area contributed by atoms with Crippen molar-refractivity contribution in [2.75, 3.05) is 9.34 Å². The summed E-state index contributed by atoms with van der Waals surface area (Å²) in [7, 11) is -3.75. The molecule has 1 unspecified atom stereocenters. The van der Waals surface area contributed by atoms with Crippen LogP contribution in [0.25, 0.3) is 45.0 Å². The smallest absolute Gasteiger partial charge is 0.270 e. The van der Waals surface area contributed by atoms with E-state index in [1.807, 2.05) is 137 Å². The molecule has 0 bridgehead atoms. The maximum absolute atomic E-state index is 16.8. The van der Waals surface area contributed by atoms with Crippen molar-refractivity contribution in [1.82, 2.24) is 9.97 Å². The molecule has 248 valence electrons. The predicted octanol–water partition coefficient (Wildman–Crippen LogP) is 12.0. The monoisotopic (exact) mass is 688 g/mol. The Kier molecular flexibility index (Phi) is 8.04. The van der Waals surface area contributed by atoms with Crippen molar-refractivity contribution in [3.63, 3.8) is 0 Å². The van der Waals surface area contributed by atoms with Crippen molar-refractivity contribution < 1.29 is 4.57 Å². The highest BCUT2D eigenvalue weighted by Gasteiger charge is 2.50. The van der Waals surface area contributed by atoms with Gasteiger partial charge >= 0.3 is 7.44 Å². The molecule has 52 heavy (non-hydrogen) atoms. The van der Waals surface area contributed by atoms with Gasteiger partial charge in [0.1, 0.15) is 5.69 Å². The Morgan fingerprint density at radius 3 is 1.25 bits per heavy atom. The van der Waals surface area contributed by atoms with Crippen LogP contribution >= 0.6 is 7.44 Å². The summed E-state index contributed by atoms with van der Waals surface area (Å²) >= 11 is 0. The van der Waals surface area contributed by atoms with E-state index in [4.69, 9.17) is 9.97 Å². The van der Waals surface area contributed by atoms with Gasteiger partial charge in [-0.05, 0) is 47.5 Å². The summed E-state index contributed by atoms with van der Waals surface area (Å²) in [5.74, 6) is 0.595. The molecule has 7 aromatic carbocycles. The molecule has 8 aromatic rings. The van der Waals surface area contributed by atoms with E-state index in [0.717, 1.165) is 44.9 Å². The summed E-state index contributed by atoms with van der Waals surface area (Å²) in [4.78, 5) is 10.7. The molecule has 1 aliphatic heterocycles. The number of rotatable bonds is 7. The molecule has 5 nitrogen and oxygen atoms in total. The van der Waals surface area contributed by atoms with Crippen LogP contribution in [0.4, 0.5) is 22.7 Å². The van der Waals surface area contributed by atoms with Gasteiger partial charge < -0.3 is 0 Å². The average Bonchev–Trinajstić information content (AvgIpc) is 3.50. The molecule has 2 heterocycles. The Bertz CT molecular complexity index is 2470. The second-order valence-corrected chi connectivity index (χ2v) is 15.0. The molecule has 0 aliphatic carbocycles. The van der Waals surface area contributed by atoms with E-state index in [2.05, 4.69) is 72.8 Å². The minimum atomic E-state index is -3.75. The molecule has 6 heteroatoms. The molecule has 1 aromatic heterocycles. The van der Waals surface area contributed by atoms with E-state index in [0.29, 0.717) is 28.2 Å². The summed E-state index contributed by atoms with van der Waals surface area (Å²) in [5.41, 5.74) is 9.46. The van der Waals surface area contributed by atoms with E-state index < -0.39 is 7.44 Å². The molecule has 9 rings (SSSR count). The number of para-hydroxylation sites is 2. The number of aromatic nitrogens is 2. The number of benzene rings is 7. The van der Waals surface area contributed by atoms with Gasteiger partial charge in [-0.3, -0.25) is 13.9 Å². The molecular weight excluding hydrogens is 656 g/mol. The van der Waals surface area contributed by atoms with Crippen molar-refractivity contribution in [3.8, 4) is 45.0 Å². The van der Waals surface area contributed by atoms with E-state index in [1.54, 1.807) is 0 Å². The fraction of sp³-hybridized carbons (Fsp3) is 0. The average molecular weight is 689 g/mol. The standard InChI is InChI=1S/C46H33N4OP/c51-52(40-26-14-5-15-27-40)49(39-32-30-35(31-33-39)34-18-6-1-7-19-34)41-28-16-17-29-42(41)50(52)45-43(36-20-8-2-9-21-36)47-46(38-24-12-4-13-25-38)48-44(45)37-22-10-3-11-23-37/h1-33H. The molecule has 1 aliphatic rings. The van der Waals surface area contributed by atoms with Crippen LogP contribution in [0.2, 0.25) is 0 Å². The van der Waals surface area contributed by atoms with E-state index in [-0.39, 0.29) is 0 Å². The second-order valence-electron chi connectivity index (χ2n) is 12.6. The SMILES string of the molecule is O=P1(c2ccccc2)N(c2ccc(-c3ccccc3)cc2)c2ccccc2N1c1c(-c2ccccc2)nc(-c2ccccc2)nc1-c1ccccc1. The van der Waals surface area contributed by atoms with Gasteiger partial charge in [0.15, 0.2) is 5.82 Å². The predicted molar refractivity (Wildman–Crippen MR) is 215 cm³/mol. The van der Waals surface area contributed by atoms with Crippen LogP contribution in [0.1, 0.15) is 0 Å². The lowest BCUT2D eigenvalue weighted by Gasteiger charge is -2.35. The fourth-order valence-electron chi connectivity index (χ4n) is 7.00. The lowest BCUT2D eigenvalue weighted by molar-refractivity contribution is 0.582. The normalized spacial score (nSPS) is 15.0. The number of nitrogens with zero attached hydrogens (tertiary/aromatic N) is 4. The van der Waals surface area contributed by atoms with Crippen LogP contribution in [0.5, 0.6) is 0 Å². The molecule has 0 saturated carbocycles. The summed E-state index contributed by atoms with van der Waals surface area (Å²) in [6.07, 6.45) is 0. The number of fused-ring (bicyclic) bond motifs is 1. The van der Waals surface area contributed by atoms with Gasteiger partial charge in [0.2, 0.25) is 0 Å². The van der Waals surface area contributed by atoms with E-state index in [1.165, 1.54) is 0 Å². The summed E-state index contributed by atoms with van der Waals surface area (Å²) in [6.45, 7) is 0. The lowest BCUT2D eigenvalue weighted by Crippen LogP contribution is -2.27. The van der Waals surface area contributed by atoms with E-state index >= 15 is 4.57 Å². The topological polar surface area (TPSA) is 49.3 Å². The second kappa shape index (κ2) is 13.3. The van der Waals surface area contributed by atoms with Crippen molar-refractivity contribution in [2.24, 2.45) is 0 Å². The van der Waals surface area contributed by atoms with Crippen LogP contribution in [-0.4, -0.2) is 9.97 Å². The zero-order chi connectivity index (χ0) is 34.9. The van der Waals surface area contributed by atoms with Gasteiger partial charge in [0.05, 0.1) is 28.1 Å². The summed E-state index contributed by atoms with van der Waals surface area (Å²) in [5, 5.41) is 0.698. The summed E-state index contributed by atoms with van der Waals surface area (Å²) < 4.78 is 20.9. The molecule has 0 amide bonds. The third kappa shape index (κ3) is 5.40. The van der Waals surface area contributed by atoms with Crippen LogP contribution in [0.3, 0.4) is 0 Å². The Morgan fingerprint density at radius 2 is 0.750 bits per heavy atom. The maximum Gasteiger partial charge on any atom is 0.301 e. The zero-order valence-electron chi connectivity index (χ0n) is 28.2. The quantitative estimate of drug-likeness (QED) is 0.156. The van der Waals surface area contributed by atoms with Crippen LogP contribution in [0.15, 0.2) is 200 Å².